The second-order valence-corrected chi connectivity index (χ2v) is 8.36. The van der Waals surface area contributed by atoms with Crippen LogP contribution in [0, 0.1) is 19.8 Å². The quantitative estimate of drug-likeness (QED) is 0.829. The Morgan fingerprint density at radius 1 is 1.12 bits per heavy atom. The second kappa shape index (κ2) is 7.49. The fourth-order valence-electron chi connectivity index (χ4n) is 3.02. The minimum Gasteiger partial charge on any atom is -0.337 e. The Balaban J connectivity index is 1.68. The molecule has 1 fully saturated rings. The van der Waals surface area contributed by atoms with E-state index in [1.165, 1.54) is 18.6 Å². The Kier molecular flexibility index (Phi) is 5.31. The largest absolute Gasteiger partial charge is 0.337 e. The summed E-state index contributed by atoms with van der Waals surface area (Å²) in [6.07, 6.45) is 5.19. The van der Waals surface area contributed by atoms with Gasteiger partial charge in [0.1, 0.15) is 0 Å². The smallest absolute Gasteiger partial charge is 0.264 e. The lowest BCUT2D eigenvalue weighted by Crippen LogP contribution is -2.24. The fourth-order valence-corrected chi connectivity index (χ4v) is 4.06. The summed E-state index contributed by atoms with van der Waals surface area (Å²) in [6, 6.07) is 6.09. The Morgan fingerprint density at radius 2 is 1.77 bits per heavy atom. The van der Waals surface area contributed by atoms with Gasteiger partial charge in [0, 0.05) is 17.2 Å². The molecule has 0 aliphatic heterocycles. The summed E-state index contributed by atoms with van der Waals surface area (Å²) < 4.78 is 32.3. The molecule has 0 radical (unpaired) electrons. The third kappa shape index (κ3) is 4.07. The normalized spacial score (nSPS) is 15.6. The minimum absolute atomic E-state index is 0.00573. The topological polar surface area (TPSA) is 101 Å². The van der Waals surface area contributed by atoms with E-state index in [0.29, 0.717) is 16.9 Å². The summed E-state index contributed by atoms with van der Waals surface area (Å²) in [6.45, 7) is 3.47. The third-order valence-corrected chi connectivity index (χ3v) is 6.14. The number of hydrogen-bond donors (Lipinski definition) is 2. The van der Waals surface area contributed by atoms with Crippen LogP contribution in [0.2, 0.25) is 0 Å². The van der Waals surface area contributed by atoms with Crippen LogP contribution >= 0.6 is 0 Å². The first-order valence-electron chi connectivity index (χ1n) is 8.73. The number of hydrogen-bond acceptors (Lipinski definition) is 5. The van der Waals surface area contributed by atoms with Crippen molar-refractivity contribution in [1.82, 2.24) is 5.16 Å². The molecule has 1 aromatic heterocycles. The third-order valence-electron chi connectivity index (χ3n) is 4.79. The number of benzene rings is 1. The molecule has 26 heavy (non-hydrogen) atoms. The van der Waals surface area contributed by atoms with Crippen molar-refractivity contribution in [2.24, 2.45) is 5.92 Å². The van der Waals surface area contributed by atoms with Gasteiger partial charge in [0.2, 0.25) is 11.8 Å². The molecule has 8 heteroatoms. The molecular formula is C18H23N3O4S. The van der Waals surface area contributed by atoms with E-state index in [1.807, 2.05) is 0 Å². The molecule has 140 valence electrons. The van der Waals surface area contributed by atoms with Crippen LogP contribution in [0.1, 0.15) is 43.4 Å². The molecule has 2 N–H and O–H groups in total. The predicted molar refractivity (Wildman–Crippen MR) is 98.4 cm³/mol. The SMILES string of the molecule is Cc1noc(NS(=O)(=O)c2ccc(NC(=O)C3CCCCC3)cc2)c1C. The number of anilines is 2. The van der Waals surface area contributed by atoms with Crippen molar-refractivity contribution in [3.8, 4) is 0 Å². The van der Waals surface area contributed by atoms with Crippen LogP contribution in [-0.4, -0.2) is 19.5 Å². The summed E-state index contributed by atoms with van der Waals surface area (Å²) in [7, 11) is -3.78. The van der Waals surface area contributed by atoms with E-state index in [4.69, 9.17) is 4.52 Å². The van der Waals surface area contributed by atoms with Gasteiger partial charge >= 0.3 is 0 Å². The molecule has 1 saturated carbocycles. The van der Waals surface area contributed by atoms with E-state index in [2.05, 4.69) is 15.2 Å². The number of sulfonamides is 1. The Hall–Kier alpha value is -2.35. The molecule has 0 spiro atoms. The Morgan fingerprint density at radius 3 is 2.35 bits per heavy atom. The Labute approximate surface area is 153 Å². The van der Waals surface area contributed by atoms with Gasteiger partial charge in [-0.2, -0.15) is 0 Å². The zero-order valence-corrected chi connectivity index (χ0v) is 15.7. The Bertz CT molecular complexity index is 882. The van der Waals surface area contributed by atoms with Crippen molar-refractivity contribution in [3.63, 3.8) is 0 Å². The highest BCUT2D eigenvalue weighted by Gasteiger charge is 2.22. The molecule has 1 aliphatic carbocycles. The van der Waals surface area contributed by atoms with Crippen LogP contribution in [0.3, 0.4) is 0 Å². The summed E-state index contributed by atoms with van der Waals surface area (Å²) in [5.41, 5.74) is 1.86. The number of amides is 1. The molecule has 0 atom stereocenters. The molecule has 2 aromatic rings. The van der Waals surface area contributed by atoms with E-state index in [9.17, 15) is 13.2 Å². The maximum atomic E-state index is 12.5. The molecule has 3 rings (SSSR count). The van der Waals surface area contributed by atoms with E-state index in [1.54, 1.807) is 26.0 Å². The minimum atomic E-state index is -3.78. The van der Waals surface area contributed by atoms with Gasteiger partial charge in [-0.05, 0) is 51.0 Å². The van der Waals surface area contributed by atoms with Crippen molar-refractivity contribution in [2.45, 2.75) is 50.8 Å². The first-order chi connectivity index (χ1) is 12.4. The lowest BCUT2D eigenvalue weighted by Gasteiger charge is -2.20. The molecule has 1 heterocycles. The number of carbonyl (C=O) groups excluding carboxylic acids is 1. The molecule has 1 amide bonds. The molecule has 1 aromatic carbocycles. The predicted octanol–water partition coefficient (Wildman–Crippen LogP) is 3.61. The number of nitrogens with zero attached hydrogens (tertiary/aromatic N) is 1. The van der Waals surface area contributed by atoms with Crippen molar-refractivity contribution >= 4 is 27.5 Å². The number of carbonyl (C=O) groups is 1. The molecular weight excluding hydrogens is 354 g/mol. The first-order valence-corrected chi connectivity index (χ1v) is 10.2. The summed E-state index contributed by atoms with van der Waals surface area (Å²) in [5.74, 6) is 0.162. The van der Waals surface area contributed by atoms with Crippen LogP contribution in [0.15, 0.2) is 33.7 Å². The number of aromatic nitrogens is 1. The highest BCUT2D eigenvalue weighted by molar-refractivity contribution is 7.92. The van der Waals surface area contributed by atoms with Crippen molar-refractivity contribution in [2.75, 3.05) is 10.0 Å². The van der Waals surface area contributed by atoms with E-state index >= 15 is 0 Å². The highest BCUT2D eigenvalue weighted by Crippen LogP contribution is 2.26. The van der Waals surface area contributed by atoms with Crippen molar-refractivity contribution < 1.29 is 17.7 Å². The standard InChI is InChI=1S/C18H23N3O4S/c1-12-13(2)20-25-18(12)21-26(23,24)16-10-8-15(9-11-16)19-17(22)14-6-4-3-5-7-14/h8-11,14,21H,3-7H2,1-2H3,(H,19,22). The van der Waals surface area contributed by atoms with E-state index in [0.717, 1.165) is 25.7 Å². The number of nitrogens with one attached hydrogen (secondary N) is 2. The average molecular weight is 377 g/mol. The maximum Gasteiger partial charge on any atom is 0.264 e. The first kappa shape index (κ1) is 18.4. The van der Waals surface area contributed by atoms with Crippen molar-refractivity contribution in [3.05, 3.63) is 35.5 Å². The van der Waals surface area contributed by atoms with Crippen LogP contribution < -0.4 is 10.0 Å². The number of aryl methyl sites for hydroxylation is 1. The lowest BCUT2D eigenvalue weighted by molar-refractivity contribution is -0.120. The van der Waals surface area contributed by atoms with Gasteiger partial charge in [0.05, 0.1) is 10.6 Å². The van der Waals surface area contributed by atoms with Gasteiger partial charge in [-0.25, -0.2) is 13.1 Å². The van der Waals surface area contributed by atoms with E-state index < -0.39 is 10.0 Å². The summed E-state index contributed by atoms with van der Waals surface area (Å²) in [5, 5.41) is 6.61. The van der Waals surface area contributed by atoms with E-state index in [-0.39, 0.29) is 22.6 Å². The van der Waals surface area contributed by atoms with Gasteiger partial charge in [-0.15, -0.1) is 0 Å². The van der Waals surface area contributed by atoms with Gasteiger partial charge < -0.3 is 9.84 Å². The fraction of sp³-hybridized carbons (Fsp3) is 0.444. The number of rotatable bonds is 5. The second-order valence-electron chi connectivity index (χ2n) is 6.68. The molecule has 0 bridgehead atoms. The van der Waals surface area contributed by atoms with Gasteiger partial charge in [0.15, 0.2) is 0 Å². The van der Waals surface area contributed by atoms with Gasteiger partial charge in [-0.3, -0.25) is 4.79 Å². The highest BCUT2D eigenvalue weighted by atomic mass is 32.2. The molecule has 0 unspecified atom stereocenters. The molecule has 1 aliphatic rings. The monoisotopic (exact) mass is 377 g/mol. The van der Waals surface area contributed by atoms with Crippen LogP contribution in [0.4, 0.5) is 11.6 Å². The molecule has 7 nitrogen and oxygen atoms in total. The van der Waals surface area contributed by atoms with Crippen LogP contribution in [0.25, 0.3) is 0 Å². The maximum absolute atomic E-state index is 12.5. The van der Waals surface area contributed by atoms with Crippen LogP contribution in [0.5, 0.6) is 0 Å². The summed E-state index contributed by atoms with van der Waals surface area (Å²) >= 11 is 0. The van der Waals surface area contributed by atoms with Crippen LogP contribution in [-0.2, 0) is 14.8 Å². The van der Waals surface area contributed by atoms with Gasteiger partial charge in [-0.1, -0.05) is 24.4 Å². The lowest BCUT2D eigenvalue weighted by atomic mass is 9.88. The zero-order valence-electron chi connectivity index (χ0n) is 14.9. The van der Waals surface area contributed by atoms with Gasteiger partial charge in [0.25, 0.3) is 10.0 Å². The van der Waals surface area contributed by atoms with Crippen molar-refractivity contribution in [1.29, 1.82) is 0 Å². The zero-order chi connectivity index (χ0) is 18.7. The average Bonchev–Trinajstić information content (AvgIpc) is 2.94. The molecule has 0 saturated heterocycles. The summed E-state index contributed by atoms with van der Waals surface area (Å²) in [4.78, 5) is 12.4.